The summed E-state index contributed by atoms with van der Waals surface area (Å²) < 4.78 is 20.9. The summed E-state index contributed by atoms with van der Waals surface area (Å²) in [5, 5.41) is 11.4. The first-order valence-electron chi connectivity index (χ1n) is 10.2. The number of aryl methyl sites for hydroxylation is 1. The van der Waals surface area contributed by atoms with Gasteiger partial charge in [0.25, 0.3) is 0 Å². The lowest BCUT2D eigenvalue weighted by atomic mass is 10.1. The smallest absolute Gasteiger partial charge is 0.191 e. The first kappa shape index (κ1) is 21.2. The van der Waals surface area contributed by atoms with E-state index in [0.29, 0.717) is 18.0 Å². The van der Waals surface area contributed by atoms with E-state index in [-0.39, 0.29) is 18.5 Å². The van der Waals surface area contributed by atoms with Crippen LogP contribution in [-0.2, 0) is 30.9 Å². The summed E-state index contributed by atoms with van der Waals surface area (Å²) in [6, 6.07) is 5.28. The van der Waals surface area contributed by atoms with E-state index in [1.165, 1.54) is 6.07 Å². The standard InChI is InChI=1S/C21H31FN6O/c1-5-23-21(24-11-15-6-8-18(22)16(10-15)13-29-4)25-17-7-9-19-26-20(14(2)3)27-28(19)12-17/h6,8,10,14,17H,5,7,9,11-13H2,1-4H3,(H2,23,24,25). The van der Waals surface area contributed by atoms with Gasteiger partial charge in [0.1, 0.15) is 11.6 Å². The molecule has 0 aliphatic carbocycles. The molecular formula is C21H31FN6O. The zero-order valence-corrected chi connectivity index (χ0v) is 17.7. The maximum absolute atomic E-state index is 13.8. The molecule has 7 nitrogen and oxygen atoms in total. The summed E-state index contributed by atoms with van der Waals surface area (Å²) >= 11 is 0. The second-order valence-electron chi connectivity index (χ2n) is 7.66. The first-order chi connectivity index (χ1) is 14.0. The largest absolute Gasteiger partial charge is 0.380 e. The van der Waals surface area contributed by atoms with Gasteiger partial charge in [0.05, 0.1) is 19.7 Å². The van der Waals surface area contributed by atoms with Gasteiger partial charge in [-0.25, -0.2) is 19.0 Å². The number of hydrogen-bond acceptors (Lipinski definition) is 4. The van der Waals surface area contributed by atoms with Crippen LogP contribution in [0.15, 0.2) is 23.2 Å². The van der Waals surface area contributed by atoms with Crippen LogP contribution in [0.25, 0.3) is 0 Å². The number of rotatable bonds is 7. The molecule has 1 aromatic carbocycles. The SMILES string of the molecule is CCNC(=NCc1ccc(F)c(COC)c1)NC1CCc2nc(C(C)C)nn2C1. The van der Waals surface area contributed by atoms with Crippen molar-refractivity contribution in [3.63, 3.8) is 0 Å². The van der Waals surface area contributed by atoms with Gasteiger partial charge in [0, 0.05) is 37.6 Å². The van der Waals surface area contributed by atoms with E-state index in [9.17, 15) is 4.39 Å². The number of hydrogen-bond donors (Lipinski definition) is 2. The molecule has 0 amide bonds. The van der Waals surface area contributed by atoms with E-state index in [1.807, 2.05) is 17.7 Å². The lowest BCUT2D eigenvalue weighted by molar-refractivity contribution is 0.181. The zero-order chi connectivity index (χ0) is 20.8. The normalized spacial score (nSPS) is 16.8. The van der Waals surface area contributed by atoms with Gasteiger partial charge in [0.15, 0.2) is 11.8 Å². The number of nitrogens with zero attached hydrogens (tertiary/aromatic N) is 4. The highest BCUT2D eigenvalue weighted by Gasteiger charge is 2.23. The molecule has 1 aliphatic rings. The molecule has 29 heavy (non-hydrogen) atoms. The predicted octanol–water partition coefficient (Wildman–Crippen LogP) is 2.76. The van der Waals surface area contributed by atoms with Crippen molar-refractivity contribution < 1.29 is 9.13 Å². The van der Waals surface area contributed by atoms with Gasteiger partial charge in [-0.1, -0.05) is 19.9 Å². The van der Waals surface area contributed by atoms with E-state index in [4.69, 9.17) is 4.74 Å². The van der Waals surface area contributed by atoms with Gasteiger partial charge < -0.3 is 15.4 Å². The van der Waals surface area contributed by atoms with Crippen LogP contribution in [0.2, 0.25) is 0 Å². The van der Waals surface area contributed by atoms with E-state index in [2.05, 4.69) is 39.6 Å². The third kappa shape index (κ3) is 5.53. The van der Waals surface area contributed by atoms with Crippen LogP contribution in [0.4, 0.5) is 4.39 Å². The highest BCUT2D eigenvalue weighted by atomic mass is 19.1. The number of halogens is 1. The molecule has 0 spiro atoms. The van der Waals surface area contributed by atoms with E-state index in [1.54, 1.807) is 13.2 Å². The Labute approximate surface area is 171 Å². The zero-order valence-electron chi connectivity index (χ0n) is 17.7. The van der Waals surface area contributed by atoms with Crippen molar-refractivity contribution in [2.45, 2.75) is 65.3 Å². The van der Waals surface area contributed by atoms with Crippen molar-refractivity contribution in [3.8, 4) is 0 Å². The highest BCUT2D eigenvalue weighted by Crippen LogP contribution is 2.17. The Balaban J connectivity index is 1.66. The van der Waals surface area contributed by atoms with Gasteiger partial charge >= 0.3 is 0 Å². The molecule has 2 aromatic rings. The average molecular weight is 403 g/mol. The van der Waals surface area contributed by atoms with Crippen LogP contribution in [-0.4, -0.2) is 40.4 Å². The van der Waals surface area contributed by atoms with Crippen molar-refractivity contribution in [2.24, 2.45) is 4.99 Å². The summed E-state index contributed by atoms with van der Waals surface area (Å²) in [4.78, 5) is 9.33. The van der Waals surface area contributed by atoms with Crippen LogP contribution < -0.4 is 10.6 Å². The molecule has 0 saturated carbocycles. The molecule has 1 atom stereocenters. The van der Waals surface area contributed by atoms with Crippen molar-refractivity contribution in [1.82, 2.24) is 25.4 Å². The Kier molecular flexibility index (Phi) is 7.19. The van der Waals surface area contributed by atoms with Crippen LogP contribution in [0.1, 0.15) is 55.9 Å². The van der Waals surface area contributed by atoms with Gasteiger partial charge in [0.2, 0.25) is 0 Å². The van der Waals surface area contributed by atoms with Crippen LogP contribution in [0, 0.1) is 5.82 Å². The molecule has 0 saturated heterocycles. The molecular weight excluding hydrogens is 371 g/mol. The summed E-state index contributed by atoms with van der Waals surface area (Å²) in [5.41, 5.74) is 1.49. The molecule has 1 unspecified atom stereocenters. The second kappa shape index (κ2) is 9.82. The Hall–Kier alpha value is -2.48. The topological polar surface area (TPSA) is 76.4 Å². The van der Waals surface area contributed by atoms with E-state index in [0.717, 1.165) is 49.1 Å². The molecule has 158 valence electrons. The molecule has 3 rings (SSSR count). The summed E-state index contributed by atoms with van der Waals surface area (Å²) in [6.45, 7) is 8.52. The van der Waals surface area contributed by atoms with Crippen molar-refractivity contribution in [3.05, 3.63) is 46.8 Å². The fraction of sp³-hybridized carbons (Fsp3) is 0.571. The van der Waals surface area contributed by atoms with Gasteiger partial charge in [-0.2, -0.15) is 5.10 Å². The van der Waals surface area contributed by atoms with Crippen LogP contribution in [0.3, 0.4) is 0 Å². The third-order valence-corrected chi connectivity index (χ3v) is 4.91. The van der Waals surface area contributed by atoms with Gasteiger partial charge in [-0.15, -0.1) is 0 Å². The van der Waals surface area contributed by atoms with Crippen molar-refractivity contribution in [2.75, 3.05) is 13.7 Å². The minimum absolute atomic E-state index is 0.235. The number of benzene rings is 1. The fourth-order valence-corrected chi connectivity index (χ4v) is 3.37. The van der Waals surface area contributed by atoms with Crippen LogP contribution >= 0.6 is 0 Å². The summed E-state index contributed by atoms with van der Waals surface area (Å²) in [7, 11) is 1.56. The number of ether oxygens (including phenoxy) is 1. The van der Waals surface area contributed by atoms with Gasteiger partial charge in [-0.3, -0.25) is 0 Å². The summed E-state index contributed by atoms with van der Waals surface area (Å²) in [5.74, 6) is 2.80. The average Bonchev–Trinajstić information content (AvgIpc) is 3.12. The van der Waals surface area contributed by atoms with Gasteiger partial charge in [-0.05, 0) is 31.0 Å². The lowest BCUT2D eigenvalue weighted by Gasteiger charge is -2.25. The number of aromatic nitrogens is 3. The quantitative estimate of drug-likeness (QED) is 0.550. The fourth-order valence-electron chi connectivity index (χ4n) is 3.37. The molecule has 2 heterocycles. The molecule has 1 aromatic heterocycles. The second-order valence-corrected chi connectivity index (χ2v) is 7.66. The van der Waals surface area contributed by atoms with E-state index < -0.39 is 0 Å². The number of methoxy groups -OCH3 is 1. The summed E-state index contributed by atoms with van der Waals surface area (Å²) in [6.07, 6.45) is 1.88. The molecule has 0 fully saturated rings. The molecule has 0 radical (unpaired) electrons. The van der Waals surface area contributed by atoms with Crippen LogP contribution in [0.5, 0.6) is 0 Å². The maximum Gasteiger partial charge on any atom is 0.191 e. The number of fused-ring (bicyclic) bond motifs is 1. The molecule has 8 heteroatoms. The van der Waals surface area contributed by atoms with E-state index >= 15 is 0 Å². The predicted molar refractivity (Wildman–Crippen MR) is 111 cm³/mol. The minimum Gasteiger partial charge on any atom is -0.380 e. The molecule has 1 aliphatic heterocycles. The van der Waals surface area contributed by atoms with Crippen molar-refractivity contribution >= 4 is 5.96 Å². The minimum atomic E-state index is -0.253. The number of aliphatic imine (C=N–C) groups is 1. The molecule has 2 N–H and O–H groups in total. The third-order valence-electron chi connectivity index (χ3n) is 4.91. The Bertz CT molecular complexity index is 848. The first-order valence-corrected chi connectivity index (χ1v) is 10.2. The number of guanidine groups is 1. The van der Waals surface area contributed by atoms with Crippen molar-refractivity contribution in [1.29, 1.82) is 0 Å². The monoisotopic (exact) mass is 402 g/mol. The number of nitrogens with one attached hydrogen (secondary N) is 2. The lowest BCUT2D eigenvalue weighted by Crippen LogP contribution is -2.47. The highest BCUT2D eigenvalue weighted by molar-refractivity contribution is 5.80. The Morgan fingerprint density at radius 2 is 2.24 bits per heavy atom. The Morgan fingerprint density at radius 3 is 2.97 bits per heavy atom. The molecule has 0 bridgehead atoms. The maximum atomic E-state index is 13.8. The Morgan fingerprint density at radius 1 is 1.41 bits per heavy atom.